The molecule has 5 nitrogen and oxygen atoms in total. The lowest BCUT2D eigenvalue weighted by atomic mass is 10.0. The first-order valence-corrected chi connectivity index (χ1v) is 7.37. The Morgan fingerprint density at radius 1 is 1.32 bits per heavy atom. The number of carbonyl (C=O) groups is 2. The molecule has 0 radical (unpaired) electrons. The number of rotatable bonds is 7. The Hall–Kier alpha value is -1.95. The number of nitrogens with zero attached hydrogens (tertiary/aromatic N) is 1. The summed E-state index contributed by atoms with van der Waals surface area (Å²) in [5, 5.41) is 11.6. The molecule has 0 bridgehead atoms. The largest absolute Gasteiger partial charge is 0.395 e. The number of likely N-dealkylation sites (N-methyl/N-ethyl adjacent to an activating group) is 1. The fourth-order valence-corrected chi connectivity index (χ4v) is 2.12. The number of aliphatic hydroxyl groups excluding tert-OH is 1. The topological polar surface area (TPSA) is 69.6 Å². The molecule has 0 saturated carbocycles. The smallest absolute Gasteiger partial charge is 0.254 e. The normalized spacial score (nSPS) is 12.1. The van der Waals surface area contributed by atoms with Crippen LogP contribution in [-0.2, 0) is 4.79 Å². The summed E-state index contributed by atoms with van der Waals surface area (Å²) < 4.78 is 13.6. The van der Waals surface area contributed by atoms with E-state index in [0.717, 1.165) is 0 Å². The van der Waals surface area contributed by atoms with E-state index in [4.69, 9.17) is 5.11 Å². The van der Waals surface area contributed by atoms with Crippen molar-refractivity contribution in [3.63, 3.8) is 0 Å². The molecule has 1 aromatic rings. The van der Waals surface area contributed by atoms with Gasteiger partial charge in [-0.1, -0.05) is 26.0 Å². The summed E-state index contributed by atoms with van der Waals surface area (Å²) in [6, 6.07) is 4.87. The predicted octanol–water partition coefficient (Wildman–Crippen LogP) is 1.42. The number of nitrogens with one attached hydrogen (secondary N) is 1. The molecule has 0 spiro atoms. The molecule has 0 aliphatic heterocycles. The van der Waals surface area contributed by atoms with Gasteiger partial charge >= 0.3 is 0 Å². The number of amides is 2. The highest BCUT2D eigenvalue weighted by molar-refractivity contribution is 5.97. The molecule has 0 aliphatic carbocycles. The maximum absolute atomic E-state index is 13.6. The lowest BCUT2D eigenvalue weighted by Gasteiger charge is -2.28. The van der Waals surface area contributed by atoms with Crippen LogP contribution in [0, 0.1) is 11.7 Å². The van der Waals surface area contributed by atoms with Crippen LogP contribution >= 0.6 is 0 Å². The van der Waals surface area contributed by atoms with E-state index < -0.39 is 17.8 Å². The first-order valence-electron chi connectivity index (χ1n) is 7.37. The van der Waals surface area contributed by atoms with Gasteiger partial charge in [-0.05, 0) is 25.0 Å². The molecule has 0 aliphatic rings. The van der Waals surface area contributed by atoms with Crippen LogP contribution in [0.5, 0.6) is 0 Å². The van der Waals surface area contributed by atoms with Crippen LogP contribution < -0.4 is 5.32 Å². The van der Waals surface area contributed by atoms with E-state index in [9.17, 15) is 14.0 Å². The Morgan fingerprint density at radius 2 is 1.95 bits per heavy atom. The molecule has 1 unspecified atom stereocenters. The van der Waals surface area contributed by atoms with E-state index >= 15 is 0 Å². The Balaban J connectivity index is 2.91. The number of hydrogen-bond acceptors (Lipinski definition) is 3. The van der Waals surface area contributed by atoms with Gasteiger partial charge in [-0.25, -0.2) is 4.39 Å². The molecule has 1 rings (SSSR count). The van der Waals surface area contributed by atoms with E-state index in [-0.39, 0.29) is 30.5 Å². The summed E-state index contributed by atoms with van der Waals surface area (Å²) in [7, 11) is 0. The lowest BCUT2D eigenvalue weighted by Crippen LogP contribution is -2.51. The van der Waals surface area contributed by atoms with Gasteiger partial charge in [-0.3, -0.25) is 9.59 Å². The third-order valence-corrected chi connectivity index (χ3v) is 3.40. The van der Waals surface area contributed by atoms with Crippen molar-refractivity contribution in [2.24, 2.45) is 5.92 Å². The molecule has 2 N–H and O–H groups in total. The average Bonchev–Trinajstić information content (AvgIpc) is 2.49. The highest BCUT2D eigenvalue weighted by atomic mass is 19.1. The van der Waals surface area contributed by atoms with Gasteiger partial charge in [-0.2, -0.15) is 0 Å². The van der Waals surface area contributed by atoms with Crippen molar-refractivity contribution >= 4 is 11.8 Å². The zero-order valence-corrected chi connectivity index (χ0v) is 13.2. The minimum atomic E-state index is -0.765. The van der Waals surface area contributed by atoms with Gasteiger partial charge in [0, 0.05) is 13.1 Å². The van der Waals surface area contributed by atoms with Crippen molar-refractivity contribution in [3.05, 3.63) is 35.6 Å². The van der Waals surface area contributed by atoms with Crippen LogP contribution in [-0.4, -0.2) is 47.6 Å². The summed E-state index contributed by atoms with van der Waals surface area (Å²) in [5.74, 6) is -1.69. The van der Waals surface area contributed by atoms with Crippen molar-refractivity contribution in [2.45, 2.75) is 26.8 Å². The van der Waals surface area contributed by atoms with Crippen LogP contribution in [0.15, 0.2) is 24.3 Å². The van der Waals surface area contributed by atoms with E-state index in [1.54, 1.807) is 26.8 Å². The van der Waals surface area contributed by atoms with Crippen LogP contribution in [0.4, 0.5) is 4.39 Å². The van der Waals surface area contributed by atoms with Crippen molar-refractivity contribution < 1.29 is 19.1 Å². The zero-order valence-electron chi connectivity index (χ0n) is 13.2. The molecule has 6 heteroatoms. The molecular weight excluding hydrogens is 287 g/mol. The van der Waals surface area contributed by atoms with E-state index in [0.29, 0.717) is 6.54 Å². The van der Waals surface area contributed by atoms with Crippen molar-refractivity contribution in [2.75, 3.05) is 19.7 Å². The summed E-state index contributed by atoms with van der Waals surface area (Å²) in [6.07, 6.45) is 0. The van der Waals surface area contributed by atoms with Gasteiger partial charge < -0.3 is 15.3 Å². The average molecular weight is 310 g/mol. The molecule has 0 heterocycles. The summed E-state index contributed by atoms with van der Waals surface area (Å²) in [5.41, 5.74) is -0.0915. The maximum Gasteiger partial charge on any atom is 0.254 e. The van der Waals surface area contributed by atoms with Gasteiger partial charge in [0.05, 0.1) is 12.2 Å². The minimum absolute atomic E-state index is 0.0915. The monoisotopic (exact) mass is 310 g/mol. The number of hydrogen-bond donors (Lipinski definition) is 2. The summed E-state index contributed by atoms with van der Waals surface area (Å²) in [6.45, 7) is 5.88. The fraction of sp³-hybridized carbons (Fsp3) is 0.500. The number of aliphatic hydroxyl groups is 1. The number of benzene rings is 1. The second-order valence-corrected chi connectivity index (χ2v) is 5.32. The number of halogens is 1. The molecule has 2 amide bonds. The van der Waals surface area contributed by atoms with E-state index in [1.807, 2.05) is 0 Å². The molecule has 1 aromatic carbocycles. The van der Waals surface area contributed by atoms with Gasteiger partial charge in [0.25, 0.3) is 5.91 Å². The van der Waals surface area contributed by atoms with Gasteiger partial charge in [0.2, 0.25) is 5.91 Å². The predicted molar refractivity (Wildman–Crippen MR) is 81.8 cm³/mol. The van der Waals surface area contributed by atoms with Gasteiger partial charge in [0.1, 0.15) is 11.9 Å². The first kappa shape index (κ1) is 18.1. The van der Waals surface area contributed by atoms with Crippen LogP contribution in [0.2, 0.25) is 0 Å². The van der Waals surface area contributed by atoms with E-state index in [1.165, 1.54) is 23.1 Å². The highest BCUT2D eigenvalue weighted by Crippen LogP contribution is 2.10. The lowest BCUT2D eigenvalue weighted by molar-refractivity contribution is -0.134. The minimum Gasteiger partial charge on any atom is -0.395 e. The molecule has 0 fully saturated rings. The fourth-order valence-electron chi connectivity index (χ4n) is 2.12. The van der Waals surface area contributed by atoms with Crippen molar-refractivity contribution in [1.82, 2.24) is 10.2 Å². The third-order valence-electron chi connectivity index (χ3n) is 3.40. The second kappa shape index (κ2) is 8.48. The third kappa shape index (κ3) is 4.53. The zero-order chi connectivity index (χ0) is 16.7. The second-order valence-electron chi connectivity index (χ2n) is 5.32. The molecule has 22 heavy (non-hydrogen) atoms. The summed E-state index contributed by atoms with van der Waals surface area (Å²) in [4.78, 5) is 26.1. The Morgan fingerprint density at radius 3 is 2.45 bits per heavy atom. The Bertz CT molecular complexity index is 520. The highest BCUT2D eigenvalue weighted by Gasteiger charge is 2.28. The standard InChI is InChI=1S/C16H23FN2O3/c1-4-19(9-10-20)16(22)14(11(2)3)18-15(21)12-7-5-6-8-13(12)17/h5-8,11,14,20H,4,9-10H2,1-3H3,(H,18,21). The molecule has 0 saturated heterocycles. The Labute approximate surface area is 130 Å². The SMILES string of the molecule is CCN(CCO)C(=O)C(NC(=O)c1ccccc1F)C(C)C. The molecular formula is C16H23FN2O3. The van der Waals surface area contributed by atoms with Crippen LogP contribution in [0.1, 0.15) is 31.1 Å². The molecule has 1 atom stereocenters. The van der Waals surface area contributed by atoms with Gasteiger partial charge in [-0.15, -0.1) is 0 Å². The quantitative estimate of drug-likeness (QED) is 0.800. The van der Waals surface area contributed by atoms with Crippen molar-refractivity contribution in [1.29, 1.82) is 0 Å². The molecule has 0 aromatic heterocycles. The summed E-state index contributed by atoms with van der Waals surface area (Å²) >= 11 is 0. The number of carbonyl (C=O) groups excluding carboxylic acids is 2. The first-order chi connectivity index (χ1) is 10.4. The van der Waals surface area contributed by atoms with Crippen LogP contribution in [0.3, 0.4) is 0 Å². The Kier molecular flexibility index (Phi) is 6.98. The van der Waals surface area contributed by atoms with Crippen LogP contribution in [0.25, 0.3) is 0 Å². The van der Waals surface area contributed by atoms with Crippen molar-refractivity contribution in [3.8, 4) is 0 Å². The van der Waals surface area contributed by atoms with E-state index in [2.05, 4.69) is 5.32 Å². The maximum atomic E-state index is 13.6. The molecule has 122 valence electrons. The van der Waals surface area contributed by atoms with Gasteiger partial charge in [0.15, 0.2) is 0 Å².